The van der Waals surface area contributed by atoms with Crippen molar-refractivity contribution < 1.29 is 9.59 Å². The number of hydrogen-bond acceptors (Lipinski definition) is 4. The maximum atomic E-state index is 13.2. The molecule has 0 spiro atoms. The van der Waals surface area contributed by atoms with Crippen LogP contribution in [0.15, 0.2) is 42.6 Å². The number of rotatable bonds is 5. The van der Waals surface area contributed by atoms with Gasteiger partial charge in [0.25, 0.3) is 5.91 Å². The van der Waals surface area contributed by atoms with Crippen molar-refractivity contribution in [2.75, 3.05) is 18.4 Å². The lowest BCUT2D eigenvalue weighted by Crippen LogP contribution is -2.39. The maximum Gasteiger partial charge on any atom is 0.253 e. The van der Waals surface area contributed by atoms with Crippen molar-refractivity contribution in [1.29, 1.82) is 0 Å². The number of nitrogens with zero attached hydrogens (tertiary/aromatic N) is 5. The van der Waals surface area contributed by atoms with Gasteiger partial charge in [-0.25, -0.2) is 9.36 Å². The summed E-state index contributed by atoms with van der Waals surface area (Å²) >= 11 is 0. The molecule has 32 heavy (non-hydrogen) atoms. The number of amides is 2. The second-order valence-corrected chi connectivity index (χ2v) is 8.84. The molecule has 1 aromatic carbocycles. The fourth-order valence-corrected chi connectivity index (χ4v) is 4.44. The zero-order valence-electron chi connectivity index (χ0n) is 18.5. The molecule has 3 aromatic rings. The number of anilines is 1. The number of carbonyl (C=O) groups excluding carboxylic acids is 2. The van der Waals surface area contributed by atoms with E-state index in [1.165, 1.54) is 0 Å². The topological polar surface area (TPSA) is 85.0 Å². The Hall–Kier alpha value is -3.42. The van der Waals surface area contributed by atoms with Gasteiger partial charge in [0.1, 0.15) is 5.82 Å². The third kappa shape index (κ3) is 4.04. The van der Waals surface area contributed by atoms with Gasteiger partial charge in [-0.1, -0.05) is 6.07 Å². The lowest BCUT2D eigenvalue weighted by molar-refractivity contribution is -0.117. The monoisotopic (exact) mass is 432 g/mol. The first-order valence-electron chi connectivity index (χ1n) is 11.3. The molecule has 8 nitrogen and oxygen atoms in total. The summed E-state index contributed by atoms with van der Waals surface area (Å²) in [6.45, 7) is 5.29. The molecule has 1 aliphatic carbocycles. The van der Waals surface area contributed by atoms with Crippen LogP contribution in [0.25, 0.3) is 5.69 Å². The lowest BCUT2D eigenvalue weighted by Gasteiger charge is -2.33. The number of piperidine rings is 1. The molecule has 0 radical (unpaired) electrons. The summed E-state index contributed by atoms with van der Waals surface area (Å²) in [6.07, 6.45) is 5.28. The van der Waals surface area contributed by atoms with Crippen molar-refractivity contribution in [3.63, 3.8) is 0 Å². The molecule has 2 amide bonds. The fourth-order valence-electron chi connectivity index (χ4n) is 4.44. The molecule has 2 aromatic heterocycles. The van der Waals surface area contributed by atoms with Gasteiger partial charge in [0.2, 0.25) is 5.91 Å². The Morgan fingerprint density at radius 2 is 1.81 bits per heavy atom. The largest absolute Gasteiger partial charge is 0.338 e. The van der Waals surface area contributed by atoms with Crippen molar-refractivity contribution in [3.05, 3.63) is 59.5 Å². The molecule has 1 saturated heterocycles. The third-order valence-corrected chi connectivity index (χ3v) is 6.31. The molecule has 0 unspecified atom stereocenters. The predicted octanol–water partition coefficient (Wildman–Crippen LogP) is 3.51. The van der Waals surface area contributed by atoms with Crippen LogP contribution in [-0.4, -0.2) is 49.4 Å². The van der Waals surface area contributed by atoms with Crippen LogP contribution in [0.4, 0.5) is 5.82 Å². The minimum absolute atomic E-state index is 0.0366. The van der Waals surface area contributed by atoms with Gasteiger partial charge < -0.3 is 10.2 Å². The highest BCUT2D eigenvalue weighted by atomic mass is 16.2. The Labute approximate surface area is 187 Å². The molecule has 2 aliphatic rings. The van der Waals surface area contributed by atoms with E-state index in [2.05, 4.69) is 15.5 Å². The first kappa shape index (κ1) is 20.5. The van der Waals surface area contributed by atoms with E-state index < -0.39 is 0 Å². The summed E-state index contributed by atoms with van der Waals surface area (Å²) in [5.74, 6) is 1.03. The van der Waals surface area contributed by atoms with Crippen LogP contribution in [0.5, 0.6) is 0 Å². The number of likely N-dealkylation sites (tertiary alicyclic amines) is 1. The Morgan fingerprint density at radius 3 is 2.50 bits per heavy atom. The Balaban J connectivity index is 1.25. The highest BCUT2D eigenvalue weighted by molar-refractivity contribution is 5.95. The van der Waals surface area contributed by atoms with E-state index in [4.69, 9.17) is 0 Å². The predicted molar refractivity (Wildman–Crippen MR) is 121 cm³/mol. The van der Waals surface area contributed by atoms with E-state index in [9.17, 15) is 9.59 Å². The standard InChI is InChI=1S/C24H28N6O2/c1-16-14-17(2)29(27-16)21-5-3-4-19(15-21)24(32)28-12-9-20(10-13-28)30-22(8-11-25-30)26-23(31)18-6-7-18/h3-5,8,11,14-15,18,20H,6-7,9-10,12-13H2,1-2H3,(H,26,31). The minimum atomic E-state index is 0.0366. The summed E-state index contributed by atoms with van der Waals surface area (Å²) < 4.78 is 3.78. The second kappa shape index (κ2) is 8.26. The van der Waals surface area contributed by atoms with Gasteiger partial charge in [-0.05, 0) is 63.8 Å². The van der Waals surface area contributed by atoms with E-state index in [0.29, 0.717) is 18.7 Å². The van der Waals surface area contributed by atoms with Crippen molar-refractivity contribution >= 4 is 17.6 Å². The molecule has 2 fully saturated rings. The molecule has 0 bridgehead atoms. The van der Waals surface area contributed by atoms with E-state index >= 15 is 0 Å². The van der Waals surface area contributed by atoms with E-state index in [-0.39, 0.29) is 23.8 Å². The Kier molecular flexibility index (Phi) is 5.28. The molecule has 3 heterocycles. The number of benzene rings is 1. The molecule has 0 atom stereocenters. The summed E-state index contributed by atoms with van der Waals surface area (Å²) in [4.78, 5) is 27.2. The van der Waals surface area contributed by atoms with Gasteiger partial charge in [0.15, 0.2) is 0 Å². The quantitative estimate of drug-likeness (QED) is 0.669. The molecular weight excluding hydrogens is 404 g/mol. The highest BCUT2D eigenvalue weighted by Crippen LogP contribution is 2.31. The van der Waals surface area contributed by atoms with Gasteiger partial charge in [0.05, 0.1) is 23.6 Å². The lowest BCUT2D eigenvalue weighted by atomic mass is 10.0. The van der Waals surface area contributed by atoms with Crippen LogP contribution in [0.3, 0.4) is 0 Å². The van der Waals surface area contributed by atoms with Crippen molar-refractivity contribution in [2.24, 2.45) is 5.92 Å². The highest BCUT2D eigenvalue weighted by Gasteiger charge is 2.31. The number of hydrogen-bond donors (Lipinski definition) is 1. The smallest absolute Gasteiger partial charge is 0.253 e. The van der Waals surface area contributed by atoms with Gasteiger partial charge in [0, 0.05) is 36.3 Å². The number of aryl methyl sites for hydroxylation is 2. The van der Waals surface area contributed by atoms with Gasteiger partial charge in [-0.2, -0.15) is 10.2 Å². The van der Waals surface area contributed by atoms with Crippen molar-refractivity contribution in [3.8, 4) is 5.69 Å². The third-order valence-electron chi connectivity index (χ3n) is 6.31. The zero-order valence-corrected chi connectivity index (χ0v) is 18.5. The molecule has 166 valence electrons. The van der Waals surface area contributed by atoms with Gasteiger partial charge >= 0.3 is 0 Å². The van der Waals surface area contributed by atoms with Crippen LogP contribution in [0, 0.1) is 19.8 Å². The maximum absolute atomic E-state index is 13.2. The SMILES string of the molecule is Cc1cc(C)n(-c2cccc(C(=O)N3CCC(n4nccc4NC(=O)C4CC4)CC3)c2)n1. The van der Waals surface area contributed by atoms with E-state index in [1.807, 2.05) is 64.5 Å². The average Bonchev–Trinajstić information content (AvgIpc) is 3.47. The van der Waals surface area contributed by atoms with E-state index in [1.54, 1.807) is 6.20 Å². The molecule has 1 aliphatic heterocycles. The van der Waals surface area contributed by atoms with Crippen molar-refractivity contribution in [2.45, 2.75) is 45.6 Å². The molecule has 8 heteroatoms. The van der Waals surface area contributed by atoms with Crippen LogP contribution in [-0.2, 0) is 4.79 Å². The van der Waals surface area contributed by atoms with Crippen molar-refractivity contribution in [1.82, 2.24) is 24.5 Å². The Morgan fingerprint density at radius 1 is 1.03 bits per heavy atom. The molecule has 1 saturated carbocycles. The Bertz CT molecular complexity index is 1150. The van der Waals surface area contributed by atoms with Crippen LogP contribution >= 0.6 is 0 Å². The normalized spacial score (nSPS) is 16.9. The number of aromatic nitrogens is 4. The van der Waals surface area contributed by atoms with E-state index in [0.717, 1.165) is 48.6 Å². The summed E-state index contributed by atoms with van der Waals surface area (Å²) in [5.41, 5.74) is 3.55. The summed E-state index contributed by atoms with van der Waals surface area (Å²) in [6, 6.07) is 11.7. The number of carbonyl (C=O) groups is 2. The molecule has 5 rings (SSSR count). The summed E-state index contributed by atoms with van der Waals surface area (Å²) in [5, 5.41) is 12.0. The molecule has 1 N–H and O–H groups in total. The van der Waals surface area contributed by atoms with Gasteiger partial charge in [-0.3, -0.25) is 9.59 Å². The molecular formula is C24H28N6O2. The summed E-state index contributed by atoms with van der Waals surface area (Å²) in [7, 11) is 0. The second-order valence-electron chi connectivity index (χ2n) is 8.84. The first-order valence-corrected chi connectivity index (χ1v) is 11.3. The average molecular weight is 433 g/mol. The first-order chi connectivity index (χ1) is 15.5. The van der Waals surface area contributed by atoms with Crippen LogP contribution in [0.2, 0.25) is 0 Å². The van der Waals surface area contributed by atoms with Gasteiger partial charge in [-0.15, -0.1) is 0 Å². The fraction of sp³-hybridized carbons (Fsp3) is 0.417. The van der Waals surface area contributed by atoms with Crippen LogP contribution < -0.4 is 5.32 Å². The minimum Gasteiger partial charge on any atom is -0.338 e. The zero-order chi connectivity index (χ0) is 22.2. The number of nitrogens with one attached hydrogen (secondary N) is 1. The van der Waals surface area contributed by atoms with Crippen LogP contribution in [0.1, 0.15) is 53.5 Å².